The van der Waals surface area contributed by atoms with Crippen LogP contribution in [0.1, 0.15) is 26.3 Å². The lowest BCUT2D eigenvalue weighted by Crippen LogP contribution is -2.29. The van der Waals surface area contributed by atoms with Crippen molar-refractivity contribution in [2.75, 3.05) is 19.5 Å². The Morgan fingerprint density at radius 3 is 2.30 bits per heavy atom. The maximum absolute atomic E-state index is 12.3. The zero-order chi connectivity index (χ0) is 22.1. The second-order valence-electron chi connectivity index (χ2n) is 6.68. The number of rotatable bonds is 9. The lowest BCUT2D eigenvalue weighted by Gasteiger charge is -2.14. The number of methoxy groups -OCH3 is 2. The van der Waals surface area contributed by atoms with Crippen LogP contribution in [0.2, 0.25) is 0 Å². The summed E-state index contributed by atoms with van der Waals surface area (Å²) in [5, 5.41) is 2.68. The molecule has 0 aromatic heterocycles. The number of ether oxygens (including phenoxy) is 4. The van der Waals surface area contributed by atoms with Crippen LogP contribution in [0.15, 0.2) is 48.5 Å². The molecule has 0 aliphatic carbocycles. The standard InChI is InChI=1S/C23H27NO6/c1-15(2)29-20-12-10-17(14-21(20)28-5)11-13-22(25)30-16(3)23(26)24-18-8-6-7-9-19(18)27-4/h6-16H,1-5H3,(H,24,26)/b13-11+/t16-/m0/s1. The predicted octanol–water partition coefficient (Wildman–Crippen LogP) is 4.07. The largest absolute Gasteiger partial charge is 0.495 e. The van der Waals surface area contributed by atoms with Crippen molar-refractivity contribution >= 4 is 23.6 Å². The third-order valence-corrected chi connectivity index (χ3v) is 3.99. The number of carbonyl (C=O) groups is 2. The first-order valence-corrected chi connectivity index (χ1v) is 9.51. The molecule has 0 bridgehead atoms. The number of nitrogens with one attached hydrogen (secondary N) is 1. The number of carbonyl (C=O) groups excluding carboxylic acids is 2. The molecule has 0 saturated heterocycles. The van der Waals surface area contributed by atoms with Gasteiger partial charge in [-0.1, -0.05) is 18.2 Å². The van der Waals surface area contributed by atoms with Gasteiger partial charge in [-0.25, -0.2) is 4.79 Å². The average molecular weight is 413 g/mol. The smallest absolute Gasteiger partial charge is 0.331 e. The van der Waals surface area contributed by atoms with Crippen molar-refractivity contribution < 1.29 is 28.5 Å². The van der Waals surface area contributed by atoms with E-state index in [1.807, 2.05) is 13.8 Å². The third kappa shape index (κ3) is 6.55. The summed E-state index contributed by atoms with van der Waals surface area (Å²) in [5.74, 6) is 0.595. The van der Waals surface area contributed by atoms with E-state index in [1.54, 1.807) is 55.7 Å². The molecule has 0 aliphatic heterocycles. The highest BCUT2D eigenvalue weighted by molar-refractivity contribution is 5.97. The van der Waals surface area contributed by atoms with Gasteiger partial charge in [0.15, 0.2) is 17.6 Å². The summed E-state index contributed by atoms with van der Waals surface area (Å²) < 4.78 is 21.4. The fourth-order valence-electron chi connectivity index (χ4n) is 2.55. The molecule has 2 aromatic rings. The zero-order valence-electron chi connectivity index (χ0n) is 17.8. The molecule has 30 heavy (non-hydrogen) atoms. The number of hydrogen-bond donors (Lipinski definition) is 1. The second kappa shape index (κ2) is 10.9. The van der Waals surface area contributed by atoms with Gasteiger partial charge in [-0.05, 0) is 56.7 Å². The Morgan fingerprint density at radius 2 is 1.63 bits per heavy atom. The number of amides is 1. The van der Waals surface area contributed by atoms with Crippen molar-refractivity contribution in [2.24, 2.45) is 0 Å². The maximum atomic E-state index is 12.3. The lowest BCUT2D eigenvalue weighted by molar-refractivity contribution is -0.148. The molecule has 0 spiro atoms. The Balaban J connectivity index is 1.97. The fraction of sp³-hybridized carbons (Fsp3) is 0.304. The van der Waals surface area contributed by atoms with Crippen molar-refractivity contribution in [3.8, 4) is 17.2 Å². The van der Waals surface area contributed by atoms with Crippen molar-refractivity contribution in [1.29, 1.82) is 0 Å². The quantitative estimate of drug-likeness (QED) is 0.493. The molecule has 1 N–H and O–H groups in total. The summed E-state index contributed by atoms with van der Waals surface area (Å²) in [5.41, 5.74) is 1.23. The van der Waals surface area contributed by atoms with Crippen LogP contribution in [-0.2, 0) is 14.3 Å². The van der Waals surface area contributed by atoms with Gasteiger partial charge in [0.2, 0.25) is 0 Å². The first kappa shape index (κ1) is 22.8. The minimum Gasteiger partial charge on any atom is -0.495 e. The highest BCUT2D eigenvalue weighted by atomic mass is 16.5. The third-order valence-electron chi connectivity index (χ3n) is 3.99. The van der Waals surface area contributed by atoms with E-state index in [9.17, 15) is 9.59 Å². The van der Waals surface area contributed by atoms with E-state index in [-0.39, 0.29) is 6.10 Å². The predicted molar refractivity (Wildman–Crippen MR) is 115 cm³/mol. The minimum atomic E-state index is -0.983. The topological polar surface area (TPSA) is 83.1 Å². The molecule has 2 aromatic carbocycles. The van der Waals surface area contributed by atoms with Crippen LogP contribution >= 0.6 is 0 Å². The highest BCUT2D eigenvalue weighted by Gasteiger charge is 2.18. The Morgan fingerprint density at radius 1 is 0.933 bits per heavy atom. The van der Waals surface area contributed by atoms with E-state index in [1.165, 1.54) is 20.1 Å². The molecule has 0 heterocycles. The van der Waals surface area contributed by atoms with Crippen LogP contribution in [0, 0.1) is 0 Å². The lowest BCUT2D eigenvalue weighted by atomic mass is 10.2. The highest BCUT2D eigenvalue weighted by Crippen LogP contribution is 2.29. The van der Waals surface area contributed by atoms with E-state index in [0.29, 0.717) is 22.9 Å². The molecule has 1 amide bonds. The summed E-state index contributed by atoms with van der Waals surface area (Å²) in [4.78, 5) is 24.4. The molecule has 0 unspecified atom stereocenters. The molecule has 0 saturated carbocycles. The number of hydrogen-bond acceptors (Lipinski definition) is 6. The van der Waals surface area contributed by atoms with Crippen LogP contribution < -0.4 is 19.5 Å². The Bertz CT molecular complexity index is 906. The van der Waals surface area contributed by atoms with Gasteiger partial charge in [-0.2, -0.15) is 0 Å². The van der Waals surface area contributed by atoms with Gasteiger partial charge in [-0.15, -0.1) is 0 Å². The Labute approximate surface area is 176 Å². The minimum absolute atomic E-state index is 0.0127. The molecule has 160 valence electrons. The van der Waals surface area contributed by atoms with Crippen molar-refractivity contribution in [3.05, 3.63) is 54.1 Å². The molecular formula is C23H27NO6. The molecule has 2 rings (SSSR count). The SMILES string of the molecule is COc1ccccc1NC(=O)[C@H](C)OC(=O)/C=C/c1ccc(OC(C)C)c(OC)c1. The van der Waals surface area contributed by atoms with Gasteiger partial charge in [-0.3, -0.25) is 4.79 Å². The van der Waals surface area contributed by atoms with E-state index in [0.717, 1.165) is 5.56 Å². The molecule has 7 nitrogen and oxygen atoms in total. The van der Waals surface area contributed by atoms with Crippen molar-refractivity contribution in [2.45, 2.75) is 33.0 Å². The number of para-hydroxylation sites is 2. The van der Waals surface area contributed by atoms with E-state index >= 15 is 0 Å². The summed E-state index contributed by atoms with van der Waals surface area (Å²) in [7, 11) is 3.06. The number of esters is 1. The van der Waals surface area contributed by atoms with Crippen molar-refractivity contribution in [1.82, 2.24) is 0 Å². The summed E-state index contributed by atoms with van der Waals surface area (Å²) >= 11 is 0. The molecule has 1 atom stereocenters. The molecule has 0 radical (unpaired) electrons. The van der Waals surface area contributed by atoms with Crippen molar-refractivity contribution in [3.63, 3.8) is 0 Å². The summed E-state index contributed by atoms with van der Waals surface area (Å²) in [6.45, 7) is 5.35. The molecule has 0 fully saturated rings. The first-order valence-electron chi connectivity index (χ1n) is 9.51. The van der Waals surface area contributed by atoms with E-state index in [4.69, 9.17) is 18.9 Å². The van der Waals surface area contributed by atoms with Gasteiger partial charge in [0.1, 0.15) is 5.75 Å². The van der Waals surface area contributed by atoms with Gasteiger partial charge >= 0.3 is 5.97 Å². The molecular weight excluding hydrogens is 386 g/mol. The Kier molecular flexibility index (Phi) is 8.29. The normalized spacial score (nSPS) is 11.8. The molecule has 7 heteroatoms. The van der Waals surface area contributed by atoms with Crippen LogP contribution in [0.3, 0.4) is 0 Å². The number of benzene rings is 2. The average Bonchev–Trinajstić information content (AvgIpc) is 2.72. The van der Waals surface area contributed by atoms with Crippen LogP contribution in [0.5, 0.6) is 17.2 Å². The van der Waals surface area contributed by atoms with Gasteiger partial charge in [0.25, 0.3) is 5.91 Å². The summed E-state index contributed by atoms with van der Waals surface area (Å²) in [6.07, 6.45) is 1.86. The van der Waals surface area contributed by atoms with Gasteiger partial charge in [0.05, 0.1) is 26.0 Å². The number of anilines is 1. The van der Waals surface area contributed by atoms with Crippen LogP contribution in [0.4, 0.5) is 5.69 Å². The zero-order valence-corrected chi connectivity index (χ0v) is 17.8. The van der Waals surface area contributed by atoms with Gasteiger partial charge < -0.3 is 24.3 Å². The molecule has 0 aliphatic rings. The maximum Gasteiger partial charge on any atom is 0.331 e. The van der Waals surface area contributed by atoms with Crippen LogP contribution in [0.25, 0.3) is 6.08 Å². The first-order chi connectivity index (χ1) is 14.3. The fourth-order valence-corrected chi connectivity index (χ4v) is 2.55. The van der Waals surface area contributed by atoms with E-state index < -0.39 is 18.0 Å². The summed E-state index contributed by atoms with van der Waals surface area (Å²) in [6, 6.07) is 12.3. The van der Waals surface area contributed by atoms with E-state index in [2.05, 4.69) is 5.32 Å². The second-order valence-corrected chi connectivity index (χ2v) is 6.68. The Hall–Kier alpha value is -3.48. The van der Waals surface area contributed by atoms with Crippen LogP contribution in [-0.4, -0.2) is 38.3 Å². The van der Waals surface area contributed by atoms with Gasteiger partial charge in [0, 0.05) is 6.08 Å². The monoisotopic (exact) mass is 413 g/mol.